The van der Waals surface area contributed by atoms with Gasteiger partial charge in [-0.25, -0.2) is 4.98 Å². The Hall–Kier alpha value is -3.66. The molecule has 1 amide bonds. The standard InChI is InChI=1S/C28H29N3O/c1-20(2)19-24(21-13-7-4-8-14-21)29-28(32)26-25(22-15-9-5-10-16-22)30-27(31(26)3)23-17-11-6-12-18-23/h4-18,20,24H,19H2,1-3H3,(H,29,32). The smallest absolute Gasteiger partial charge is 0.270 e. The summed E-state index contributed by atoms with van der Waals surface area (Å²) >= 11 is 0. The second-order valence-corrected chi connectivity index (χ2v) is 8.49. The Morgan fingerprint density at radius 1 is 0.844 bits per heavy atom. The lowest BCUT2D eigenvalue weighted by atomic mass is 9.96. The first-order chi connectivity index (χ1) is 15.5. The molecule has 1 aromatic heterocycles. The summed E-state index contributed by atoms with van der Waals surface area (Å²) in [4.78, 5) is 18.6. The van der Waals surface area contributed by atoms with Crippen molar-refractivity contribution < 1.29 is 4.79 Å². The fourth-order valence-corrected chi connectivity index (χ4v) is 4.06. The van der Waals surface area contributed by atoms with Crippen LogP contribution in [0.3, 0.4) is 0 Å². The first-order valence-corrected chi connectivity index (χ1v) is 11.1. The van der Waals surface area contributed by atoms with E-state index in [2.05, 4.69) is 31.3 Å². The van der Waals surface area contributed by atoms with Crippen molar-refractivity contribution in [2.75, 3.05) is 0 Å². The predicted molar refractivity (Wildman–Crippen MR) is 130 cm³/mol. The number of nitrogens with zero attached hydrogens (tertiary/aromatic N) is 2. The molecule has 4 heteroatoms. The first-order valence-electron chi connectivity index (χ1n) is 11.1. The molecule has 0 saturated heterocycles. The monoisotopic (exact) mass is 423 g/mol. The number of hydrogen-bond donors (Lipinski definition) is 1. The van der Waals surface area contributed by atoms with E-state index in [-0.39, 0.29) is 11.9 Å². The van der Waals surface area contributed by atoms with Crippen LogP contribution in [-0.2, 0) is 7.05 Å². The molecule has 0 aliphatic rings. The van der Waals surface area contributed by atoms with E-state index in [1.165, 1.54) is 0 Å². The van der Waals surface area contributed by atoms with Gasteiger partial charge in [-0.05, 0) is 17.9 Å². The van der Waals surface area contributed by atoms with Gasteiger partial charge in [0.05, 0.1) is 6.04 Å². The Kier molecular flexibility index (Phi) is 6.50. The van der Waals surface area contributed by atoms with Crippen LogP contribution in [0, 0.1) is 5.92 Å². The fraction of sp³-hybridized carbons (Fsp3) is 0.214. The van der Waals surface area contributed by atoms with E-state index in [1.54, 1.807) is 0 Å². The molecule has 4 nitrogen and oxygen atoms in total. The number of hydrogen-bond acceptors (Lipinski definition) is 2. The van der Waals surface area contributed by atoms with Crippen molar-refractivity contribution in [3.63, 3.8) is 0 Å². The number of carbonyl (C=O) groups is 1. The van der Waals surface area contributed by atoms with Crippen molar-refractivity contribution in [1.29, 1.82) is 0 Å². The van der Waals surface area contributed by atoms with Crippen LogP contribution in [0.1, 0.15) is 42.4 Å². The van der Waals surface area contributed by atoms with Crippen molar-refractivity contribution in [2.45, 2.75) is 26.3 Å². The predicted octanol–water partition coefficient (Wildman–Crippen LogP) is 6.27. The number of benzene rings is 3. The molecule has 1 atom stereocenters. The number of amides is 1. The zero-order chi connectivity index (χ0) is 22.5. The van der Waals surface area contributed by atoms with E-state index in [9.17, 15) is 4.79 Å². The topological polar surface area (TPSA) is 46.9 Å². The molecule has 0 spiro atoms. The zero-order valence-electron chi connectivity index (χ0n) is 18.8. The molecule has 4 rings (SSSR count). The van der Waals surface area contributed by atoms with E-state index < -0.39 is 0 Å². The summed E-state index contributed by atoms with van der Waals surface area (Å²) in [7, 11) is 1.91. The molecule has 0 fully saturated rings. The Bertz CT molecular complexity index is 1170. The maximum atomic E-state index is 13.7. The van der Waals surface area contributed by atoms with Gasteiger partial charge >= 0.3 is 0 Å². The van der Waals surface area contributed by atoms with Crippen molar-refractivity contribution in [1.82, 2.24) is 14.9 Å². The number of nitrogens with one attached hydrogen (secondary N) is 1. The van der Waals surface area contributed by atoms with Crippen molar-refractivity contribution in [3.8, 4) is 22.6 Å². The fourth-order valence-electron chi connectivity index (χ4n) is 4.06. The van der Waals surface area contributed by atoms with E-state index in [0.717, 1.165) is 28.9 Å². The maximum absolute atomic E-state index is 13.7. The minimum Gasteiger partial charge on any atom is -0.344 e. The Balaban J connectivity index is 1.77. The SMILES string of the molecule is CC(C)CC(NC(=O)c1c(-c2ccccc2)nc(-c2ccccc2)n1C)c1ccccc1. The maximum Gasteiger partial charge on any atom is 0.270 e. The molecule has 0 aliphatic carbocycles. The van der Waals surface area contributed by atoms with Gasteiger partial charge in [-0.2, -0.15) is 0 Å². The van der Waals surface area contributed by atoms with Crippen molar-refractivity contribution in [3.05, 3.63) is 102 Å². The van der Waals surface area contributed by atoms with Gasteiger partial charge in [0.1, 0.15) is 17.2 Å². The van der Waals surface area contributed by atoms with E-state index in [0.29, 0.717) is 17.3 Å². The van der Waals surface area contributed by atoms with Crippen LogP contribution in [0.25, 0.3) is 22.6 Å². The van der Waals surface area contributed by atoms with Gasteiger partial charge in [0.15, 0.2) is 0 Å². The Morgan fingerprint density at radius 3 is 1.94 bits per heavy atom. The van der Waals surface area contributed by atoms with Gasteiger partial charge in [-0.1, -0.05) is 105 Å². The molecule has 4 aromatic rings. The van der Waals surface area contributed by atoms with Crippen LogP contribution < -0.4 is 5.32 Å². The van der Waals surface area contributed by atoms with Crippen LogP contribution in [0.2, 0.25) is 0 Å². The molecule has 0 bridgehead atoms. The van der Waals surface area contributed by atoms with Crippen molar-refractivity contribution in [2.24, 2.45) is 13.0 Å². The van der Waals surface area contributed by atoms with E-state index in [4.69, 9.17) is 4.98 Å². The summed E-state index contributed by atoms with van der Waals surface area (Å²) < 4.78 is 1.91. The minimum absolute atomic E-state index is 0.0672. The second kappa shape index (κ2) is 9.65. The average molecular weight is 424 g/mol. The summed E-state index contributed by atoms with van der Waals surface area (Å²) in [6.07, 6.45) is 0.861. The molecule has 0 aliphatic heterocycles. The highest BCUT2D eigenvalue weighted by Crippen LogP contribution is 2.30. The summed E-state index contributed by atoms with van der Waals surface area (Å²) in [6, 6.07) is 30.0. The van der Waals surface area contributed by atoms with Crippen LogP contribution in [0.5, 0.6) is 0 Å². The van der Waals surface area contributed by atoms with Gasteiger partial charge in [-0.3, -0.25) is 4.79 Å². The Labute approximate surface area is 190 Å². The third-order valence-electron chi connectivity index (χ3n) is 5.60. The van der Waals surface area contributed by atoms with Gasteiger partial charge in [0.2, 0.25) is 0 Å². The lowest BCUT2D eigenvalue weighted by Gasteiger charge is -2.21. The Morgan fingerprint density at radius 2 is 1.38 bits per heavy atom. The largest absolute Gasteiger partial charge is 0.344 e. The minimum atomic E-state index is -0.115. The summed E-state index contributed by atoms with van der Waals surface area (Å²) in [5.74, 6) is 1.10. The molecule has 0 radical (unpaired) electrons. The molecule has 32 heavy (non-hydrogen) atoms. The summed E-state index contributed by atoms with van der Waals surface area (Å²) in [5.41, 5.74) is 4.28. The van der Waals surface area contributed by atoms with Gasteiger partial charge in [0.25, 0.3) is 5.91 Å². The van der Waals surface area contributed by atoms with Crippen LogP contribution >= 0.6 is 0 Å². The highest BCUT2D eigenvalue weighted by molar-refractivity contribution is 5.99. The molecule has 1 unspecified atom stereocenters. The quantitative estimate of drug-likeness (QED) is 0.381. The van der Waals surface area contributed by atoms with Crippen LogP contribution in [0.4, 0.5) is 0 Å². The van der Waals surface area contributed by atoms with Gasteiger partial charge < -0.3 is 9.88 Å². The average Bonchev–Trinajstić information content (AvgIpc) is 3.17. The number of imidazole rings is 1. The number of carbonyl (C=O) groups excluding carboxylic acids is 1. The molecule has 162 valence electrons. The normalized spacial score (nSPS) is 12.0. The lowest BCUT2D eigenvalue weighted by molar-refractivity contribution is 0.0924. The van der Waals surface area contributed by atoms with Gasteiger partial charge in [-0.15, -0.1) is 0 Å². The summed E-state index contributed by atoms with van der Waals surface area (Å²) in [6.45, 7) is 4.35. The third kappa shape index (κ3) is 4.65. The first kappa shape index (κ1) is 21.6. The van der Waals surface area contributed by atoms with Crippen LogP contribution in [-0.4, -0.2) is 15.5 Å². The summed E-state index contributed by atoms with van der Waals surface area (Å²) in [5, 5.41) is 3.30. The third-order valence-corrected chi connectivity index (χ3v) is 5.60. The van der Waals surface area contributed by atoms with E-state index in [1.807, 2.05) is 90.5 Å². The van der Waals surface area contributed by atoms with Crippen LogP contribution in [0.15, 0.2) is 91.0 Å². The highest BCUT2D eigenvalue weighted by Gasteiger charge is 2.25. The molecular formula is C28H29N3O. The number of aromatic nitrogens is 2. The molecular weight excluding hydrogens is 394 g/mol. The molecule has 1 heterocycles. The van der Waals surface area contributed by atoms with Crippen molar-refractivity contribution >= 4 is 5.91 Å². The van der Waals surface area contributed by atoms with Gasteiger partial charge in [0, 0.05) is 18.2 Å². The molecule has 0 saturated carbocycles. The van der Waals surface area contributed by atoms with E-state index >= 15 is 0 Å². The zero-order valence-corrected chi connectivity index (χ0v) is 18.8. The number of rotatable bonds is 7. The second-order valence-electron chi connectivity index (χ2n) is 8.49. The molecule has 1 N–H and O–H groups in total. The lowest BCUT2D eigenvalue weighted by Crippen LogP contribution is -2.31. The molecule has 3 aromatic carbocycles. The highest BCUT2D eigenvalue weighted by atomic mass is 16.2.